The zero-order valence-electron chi connectivity index (χ0n) is 6.14. The molecule has 0 fully saturated rings. The van der Waals surface area contributed by atoms with E-state index in [1.54, 1.807) is 6.07 Å². The van der Waals surface area contributed by atoms with Crippen LogP contribution in [-0.2, 0) is 0 Å². The number of hydrogen-bond acceptors (Lipinski definition) is 2. The van der Waals surface area contributed by atoms with E-state index >= 15 is 0 Å². The zero-order chi connectivity index (χ0) is 8.72. The van der Waals surface area contributed by atoms with Crippen molar-refractivity contribution < 1.29 is 9.50 Å². The van der Waals surface area contributed by atoms with Crippen molar-refractivity contribution in [1.82, 2.24) is 0 Å². The zero-order valence-corrected chi connectivity index (χ0v) is 7.73. The van der Waals surface area contributed by atoms with Gasteiger partial charge in [0.25, 0.3) is 0 Å². The Labute approximate surface area is 77.5 Å². The lowest BCUT2D eigenvalue weighted by Crippen LogP contribution is -1.99. The number of β-amino-alcohol motifs (C(OH)–C–C–N with tert-alkyl or cyclic N) is 1. The van der Waals surface area contributed by atoms with Crippen molar-refractivity contribution >= 4 is 21.6 Å². The van der Waals surface area contributed by atoms with Crippen LogP contribution < -0.4 is 5.32 Å². The van der Waals surface area contributed by atoms with Crippen molar-refractivity contribution in [1.29, 1.82) is 0 Å². The Balaban J connectivity index is 2.60. The summed E-state index contributed by atoms with van der Waals surface area (Å²) in [5.74, 6) is -0.323. The molecule has 0 aliphatic carbocycles. The molecule has 12 heavy (non-hydrogen) atoms. The lowest BCUT2D eigenvalue weighted by Gasteiger charge is -2.02. The van der Waals surface area contributed by atoms with Gasteiger partial charge < -0.3 is 10.4 Å². The fourth-order valence-corrected chi connectivity index (χ4v) is 1.80. The summed E-state index contributed by atoms with van der Waals surface area (Å²) < 4.78 is 13.8. The van der Waals surface area contributed by atoms with Crippen LogP contribution in [0.15, 0.2) is 16.6 Å². The number of nitrogens with one attached hydrogen (secondary N) is 1. The molecule has 0 aromatic heterocycles. The first-order chi connectivity index (χ1) is 5.68. The van der Waals surface area contributed by atoms with E-state index in [-0.39, 0.29) is 5.82 Å². The number of hydrogen-bond donors (Lipinski definition) is 2. The number of benzene rings is 1. The third kappa shape index (κ3) is 1.11. The monoisotopic (exact) mass is 231 g/mol. The van der Waals surface area contributed by atoms with Crippen molar-refractivity contribution in [2.24, 2.45) is 0 Å². The fourth-order valence-electron chi connectivity index (χ4n) is 1.35. The van der Waals surface area contributed by atoms with Gasteiger partial charge in [-0.1, -0.05) is 15.9 Å². The Bertz CT molecular complexity index is 329. The van der Waals surface area contributed by atoms with Crippen LogP contribution in [0.5, 0.6) is 0 Å². The predicted molar refractivity (Wildman–Crippen MR) is 47.5 cm³/mol. The Morgan fingerprint density at radius 3 is 3.08 bits per heavy atom. The minimum atomic E-state index is -0.591. The third-order valence-electron chi connectivity index (χ3n) is 1.92. The molecule has 4 heteroatoms. The van der Waals surface area contributed by atoms with Crippen LogP contribution >= 0.6 is 15.9 Å². The number of rotatable bonds is 0. The molecule has 2 rings (SSSR count). The van der Waals surface area contributed by atoms with Crippen molar-refractivity contribution in [3.8, 4) is 0 Å². The molecule has 1 heterocycles. The van der Waals surface area contributed by atoms with E-state index < -0.39 is 6.10 Å². The number of halogens is 2. The van der Waals surface area contributed by atoms with Gasteiger partial charge in [0.2, 0.25) is 0 Å². The van der Waals surface area contributed by atoms with E-state index in [9.17, 15) is 9.50 Å². The second-order valence-corrected chi connectivity index (χ2v) is 3.66. The lowest BCUT2D eigenvalue weighted by atomic mass is 10.1. The van der Waals surface area contributed by atoms with Crippen LogP contribution in [0.1, 0.15) is 11.7 Å². The first-order valence-electron chi connectivity index (χ1n) is 3.59. The molecular formula is C8H7BrFNO. The Morgan fingerprint density at radius 2 is 2.33 bits per heavy atom. The highest BCUT2D eigenvalue weighted by Gasteiger charge is 2.23. The standard InChI is InChI=1S/C8H7BrFNO/c9-4-1-5-7(12)3-11-8(5)6(10)2-4/h1-2,7,11-12H,3H2. The SMILES string of the molecule is OC1CNc2c(F)cc(Br)cc21. The number of anilines is 1. The highest BCUT2D eigenvalue weighted by Crippen LogP contribution is 2.34. The third-order valence-corrected chi connectivity index (χ3v) is 2.37. The molecular weight excluding hydrogens is 225 g/mol. The van der Waals surface area contributed by atoms with Crippen molar-refractivity contribution in [3.05, 3.63) is 28.0 Å². The Kier molecular flexibility index (Phi) is 1.81. The van der Waals surface area contributed by atoms with Gasteiger partial charge in [0.1, 0.15) is 5.82 Å². The molecule has 1 unspecified atom stereocenters. The summed E-state index contributed by atoms with van der Waals surface area (Å²) in [5, 5.41) is 12.2. The molecule has 1 atom stereocenters. The summed E-state index contributed by atoms with van der Waals surface area (Å²) in [7, 11) is 0. The van der Waals surface area contributed by atoms with E-state index in [0.717, 1.165) is 0 Å². The summed E-state index contributed by atoms with van der Waals surface area (Å²) >= 11 is 3.16. The Hall–Kier alpha value is -0.610. The van der Waals surface area contributed by atoms with Gasteiger partial charge in [0, 0.05) is 16.6 Å². The molecule has 1 aliphatic heterocycles. The molecule has 1 aromatic carbocycles. The van der Waals surface area contributed by atoms with Gasteiger partial charge in [-0.25, -0.2) is 4.39 Å². The molecule has 64 valence electrons. The van der Waals surface area contributed by atoms with Gasteiger partial charge >= 0.3 is 0 Å². The summed E-state index contributed by atoms with van der Waals surface area (Å²) in [6.45, 7) is 0.392. The Morgan fingerprint density at radius 1 is 1.58 bits per heavy atom. The molecule has 2 N–H and O–H groups in total. The predicted octanol–water partition coefficient (Wildman–Crippen LogP) is 2.05. The van der Waals surface area contributed by atoms with Gasteiger partial charge in [0.15, 0.2) is 0 Å². The molecule has 0 radical (unpaired) electrons. The normalized spacial score (nSPS) is 20.4. The van der Waals surface area contributed by atoms with E-state index in [1.165, 1.54) is 6.07 Å². The van der Waals surface area contributed by atoms with E-state index in [2.05, 4.69) is 21.2 Å². The minimum Gasteiger partial charge on any atom is -0.386 e. The summed E-state index contributed by atoms with van der Waals surface area (Å²) in [4.78, 5) is 0. The van der Waals surface area contributed by atoms with Crippen molar-refractivity contribution in [2.45, 2.75) is 6.10 Å². The fraction of sp³-hybridized carbons (Fsp3) is 0.250. The maximum atomic E-state index is 13.1. The molecule has 0 amide bonds. The van der Waals surface area contributed by atoms with Gasteiger partial charge in [-0.3, -0.25) is 0 Å². The van der Waals surface area contributed by atoms with Crippen LogP contribution in [0, 0.1) is 5.82 Å². The van der Waals surface area contributed by atoms with E-state index in [0.29, 0.717) is 22.3 Å². The maximum absolute atomic E-state index is 13.1. The van der Waals surface area contributed by atoms with Crippen LogP contribution in [0.25, 0.3) is 0 Å². The van der Waals surface area contributed by atoms with Crippen LogP contribution in [0.3, 0.4) is 0 Å². The molecule has 1 aromatic rings. The second-order valence-electron chi connectivity index (χ2n) is 2.75. The lowest BCUT2D eigenvalue weighted by molar-refractivity contribution is 0.199. The van der Waals surface area contributed by atoms with Crippen LogP contribution in [0.4, 0.5) is 10.1 Å². The van der Waals surface area contributed by atoms with Crippen molar-refractivity contribution in [3.63, 3.8) is 0 Å². The second kappa shape index (κ2) is 2.71. The van der Waals surface area contributed by atoms with Crippen molar-refractivity contribution in [2.75, 3.05) is 11.9 Å². The van der Waals surface area contributed by atoms with E-state index in [4.69, 9.17) is 0 Å². The average molecular weight is 232 g/mol. The smallest absolute Gasteiger partial charge is 0.147 e. The molecule has 0 bridgehead atoms. The van der Waals surface area contributed by atoms with Crippen LogP contribution in [-0.4, -0.2) is 11.7 Å². The summed E-state index contributed by atoms with van der Waals surface area (Å²) in [6.07, 6.45) is -0.591. The highest BCUT2D eigenvalue weighted by molar-refractivity contribution is 9.10. The topological polar surface area (TPSA) is 32.3 Å². The molecule has 2 nitrogen and oxygen atoms in total. The van der Waals surface area contributed by atoms with Crippen LogP contribution in [0.2, 0.25) is 0 Å². The molecule has 1 aliphatic rings. The summed E-state index contributed by atoms with van der Waals surface area (Å²) in [6, 6.07) is 3.10. The highest BCUT2D eigenvalue weighted by atomic mass is 79.9. The maximum Gasteiger partial charge on any atom is 0.147 e. The van der Waals surface area contributed by atoms with E-state index in [1.807, 2.05) is 0 Å². The number of aliphatic hydroxyl groups excluding tert-OH is 1. The largest absolute Gasteiger partial charge is 0.386 e. The van der Waals surface area contributed by atoms with Gasteiger partial charge in [-0.05, 0) is 12.1 Å². The first kappa shape index (κ1) is 8.01. The summed E-state index contributed by atoms with van der Waals surface area (Å²) in [5.41, 5.74) is 1.05. The molecule has 0 saturated carbocycles. The van der Waals surface area contributed by atoms with Gasteiger partial charge in [-0.15, -0.1) is 0 Å². The first-order valence-corrected chi connectivity index (χ1v) is 4.38. The van der Waals surface area contributed by atoms with Gasteiger partial charge in [0.05, 0.1) is 11.8 Å². The number of aliphatic hydroxyl groups is 1. The minimum absolute atomic E-state index is 0.323. The van der Waals surface area contributed by atoms with Gasteiger partial charge in [-0.2, -0.15) is 0 Å². The molecule has 0 spiro atoms. The molecule has 0 saturated heterocycles. The average Bonchev–Trinajstić information content (AvgIpc) is 2.33. The number of fused-ring (bicyclic) bond motifs is 1. The quantitative estimate of drug-likeness (QED) is 0.717.